The fourth-order valence-electron chi connectivity index (χ4n) is 7.54. The number of hydrogen-bond donors (Lipinski definition) is 3. The molecule has 2 aliphatic carbocycles. The molecule has 2 aromatic carbocycles. The van der Waals surface area contributed by atoms with Crippen molar-refractivity contribution in [3.8, 4) is 11.1 Å². The number of anilines is 1. The van der Waals surface area contributed by atoms with Crippen LogP contribution in [0.1, 0.15) is 53.0 Å². The molecule has 1 fully saturated rings. The number of benzene rings is 2. The monoisotopic (exact) mass is 845 g/mol. The number of carbonyl (C=O) groups excluding carboxylic acids is 1. The molecule has 1 amide bonds. The van der Waals surface area contributed by atoms with E-state index in [1.54, 1.807) is 0 Å². The first kappa shape index (κ1) is 38.5. The van der Waals surface area contributed by atoms with Crippen molar-refractivity contribution < 1.29 is 52.7 Å². The second-order valence-electron chi connectivity index (χ2n) is 13.8. The number of halogens is 10. The molecule has 12 nitrogen and oxygen atoms in total. The van der Waals surface area contributed by atoms with Gasteiger partial charge in [0.1, 0.15) is 41.6 Å². The third kappa shape index (κ3) is 7.12. The van der Waals surface area contributed by atoms with E-state index in [0.717, 1.165) is 18.4 Å². The SMILES string of the molecule is CS(=O)(=O)Nc1nn(CC(F)(F)F)c2c(-c3cc4[nH]ncc4nc3C(Cc3cc(F)cc(F)c3)NC(=O)Cn3nc(C(F)F)c4c3C(F)(F)[C@@H]3C[C@H]43)ccc(Cl)c12. The zero-order chi connectivity index (χ0) is 40.9. The highest BCUT2D eigenvalue weighted by Crippen LogP contribution is 2.68. The Morgan fingerprint density at radius 2 is 1.77 bits per heavy atom. The Hall–Kier alpha value is -5.38. The Balaban J connectivity index is 1.30. The van der Waals surface area contributed by atoms with Crippen LogP contribution in [-0.2, 0) is 40.3 Å². The molecule has 6 aromatic rings. The minimum absolute atomic E-state index is 0.0273. The van der Waals surface area contributed by atoms with Gasteiger partial charge in [-0.05, 0) is 48.6 Å². The Labute approximate surface area is 319 Å². The summed E-state index contributed by atoms with van der Waals surface area (Å²) in [7, 11) is -4.13. The molecule has 0 radical (unpaired) electrons. The van der Waals surface area contributed by atoms with Crippen molar-refractivity contribution in [3.63, 3.8) is 0 Å². The number of hydrogen-bond acceptors (Lipinski definition) is 7. The van der Waals surface area contributed by atoms with Crippen molar-refractivity contribution in [3.05, 3.63) is 87.5 Å². The van der Waals surface area contributed by atoms with Gasteiger partial charge in [-0.2, -0.15) is 37.2 Å². The summed E-state index contributed by atoms with van der Waals surface area (Å²) in [5, 5.41) is 16.3. The average Bonchev–Trinajstić information content (AvgIpc) is 3.31. The first-order valence-corrected chi connectivity index (χ1v) is 19.0. The summed E-state index contributed by atoms with van der Waals surface area (Å²) in [6, 6.07) is 4.88. The third-order valence-electron chi connectivity index (χ3n) is 9.69. The number of alkyl halides is 7. The number of nitrogens with zero attached hydrogens (tertiary/aromatic N) is 6. The number of carbonyl (C=O) groups is 1. The van der Waals surface area contributed by atoms with Gasteiger partial charge in [-0.1, -0.05) is 17.7 Å². The molecule has 300 valence electrons. The highest BCUT2D eigenvalue weighted by molar-refractivity contribution is 7.92. The maximum atomic E-state index is 15.3. The minimum Gasteiger partial charge on any atom is -0.346 e. The molecule has 8 rings (SSSR count). The number of rotatable bonds is 11. The number of pyridine rings is 1. The van der Waals surface area contributed by atoms with Gasteiger partial charge in [-0.15, -0.1) is 0 Å². The lowest BCUT2D eigenvalue weighted by Crippen LogP contribution is -2.35. The number of H-pyrrole nitrogens is 1. The summed E-state index contributed by atoms with van der Waals surface area (Å²) < 4.78 is 157. The Kier molecular flexibility index (Phi) is 9.02. The molecule has 3 atom stereocenters. The smallest absolute Gasteiger partial charge is 0.346 e. The van der Waals surface area contributed by atoms with Gasteiger partial charge in [-0.3, -0.25) is 24.0 Å². The summed E-state index contributed by atoms with van der Waals surface area (Å²) in [5.74, 6) is -9.30. The van der Waals surface area contributed by atoms with Crippen molar-refractivity contribution in [1.29, 1.82) is 0 Å². The number of nitrogens with one attached hydrogen (secondary N) is 3. The number of amides is 1. The van der Waals surface area contributed by atoms with E-state index >= 15 is 8.78 Å². The van der Waals surface area contributed by atoms with Gasteiger partial charge in [0, 0.05) is 28.7 Å². The lowest BCUT2D eigenvalue weighted by molar-refractivity contribution is -0.141. The number of aromatic amines is 1. The van der Waals surface area contributed by atoms with Crippen LogP contribution in [0.3, 0.4) is 0 Å². The molecule has 2 aliphatic rings. The van der Waals surface area contributed by atoms with Crippen LogP contribution in [0.5, 0.6) is 0 Å². The maximum absolute atomic E-state index is 15.3. The molecule has 3 N–H and O–H groups in total. The molecule has 57 heavy (non-hydrogen) atoms. The van der Waals surface area contributed by atoms with Crippen LogP contribution in [0.2, 0.25) is 5.02 Å². The van der Waals surface area contributed by atoms with Crippen LogP contribution in [0, 0.1) is 17.6 Å². The Morgan fingerprint density at radius 3 is 2.44 bits per heavy atom. The first-order chi connectivity index (χ1) is 26.7. The quantitative estimate of drug-likeness (QED) is 0.116. The van der Waals surface area contributed by atoms with Crippen molar-refractivity contribution in [2.45, 2.75) is 56.4 Å². The van der Waals surface area contributed by atoms with Crippen molar-refractivity contribution in [1.82, 2.24) is 40.1 Å². The van der Waals surface area contributed by atoms with E-state index in [1.165, 1.54) is 24.4 Å². The second kappa shape index (κ2) is 13.4. The molecule has 23 heteroatoms. The fraction of sp³-hybridized carbons (Fsp3) is 0.324. The van der Waals surface area contributed by atoms with Crippen LogP contribution < -0.4 is 10.0 Å². The fourth-order valence-corrected chi connectivity index (χ4v) is 8.27. The summed E-state index contributed by atoms with van der Waals surface area (Å²) in [6.07, 6.45) is -6.62. The van der Waals surface area contributed by atoms with Crippen LogP contribution in [0.15, 0.2) is 42.6 Å². The predicted octanol–water partition coefficient (Wildman–Crippen LogP) is 7.28. The summed E-state index contributed by atoms with van der Waals surface area (Å²) in [6.45, 7) is -2.74. The highest BCUT2D eigenvalue weighted by atomic mass is 35.5. The molecular weight excluding hydrogens is 821 g/mol. The van der Waals surface area contributed by atoms with E-state index in [-0.39, 0.29) is 61.3 Å². The van der Waals surface area contributed by atoms with Gasteiger partial charge >= 0.3 is 6.18 Å². The lowest BCUT2D eigenvalue weighted by atomic mass is 9.93. The molecule has 4 heterocycles. The van der Waals surface area contributed by atoms with Gasteiger partial charge < -0.3 is 5.32 Å². The number of sulfonamides is 1. The van der Waals surface area contributed by atoms with Crippen molar-refractivity contribution in [2.75, 3.05) is 11.0 Å². The summed E-state index contributed by atoms with van der Waals surface area (Å²) in [4.78, 5) is 18.5. The van der Waals surface area contributed by atoms with Gasteiger partial charge in [0.05, 0.1) is 45.6 Å². The maximum Gasteiger partial charge on any atom is 0.408 e. The molecule has 0 saturated heterocycles. The largest absolute Gasteiger partial charge is 0.408 e. The standard InChI is InChI=1S/C34H25ClF9N9O3S/c1-57(55,56)51-32-26-20(35)3-2-16(29(26)53(50-32)12-33(40,41)42)17-9-21-23(10-45-48-21)47-27(17)22(6-13-4-14(36)7-15(37)5-13)46-24(54)11-52-30-25(28(49-52)31(38)39)18-8-19(18)34(30,43)44/h2-5,7,9-10,18-19,22,31H,6,8,11-12H2,1H3,(H,45,48)(H,46,54)(H,50,51)/t18-,19+,22?/m0/s1. The molecule has 4 aromatic heterocycles. The average molecular weight is 846 g/mol. The van der Waals surface area contributed by atoms with Crippen LogP contribution in [-0.4, -0.2) is 61.5 Å². The Morgan fingerprint density at radius 1 is 1.05 bits per heavy atom. The second-order valence-corrected chi connectivity index (χ2v) is 16.0. The lowest BCUT2D eigenvalue weighted by Gasteiger charge is -2.23. The van der Waals surface area contributed by atoms with E-state index in [0.29, 0.717) is 15.4 Å². The van der Waals surface area contributed by atoms with Gasteiger partial charge in [-0.25, -0.2) is 31.0 Å². The molecule has 0 aliphatic heterocycles. The normalized spacial score (nSPS) is 18.0. The molecule has 1 saturated carbocycles. The van der Waals surface area contributed by atoms with Gasteiger partial charge in [0.2, 0.25) is 15.9 Å². The zero-order valence-corrected chi connectivity index (χ0v) is 30.3. The van der Waals surface area contributed by atoms with Crippen molar-refractivity contribution in [2.24, 2.45) is 5.92 Å². The van der Waals surface area contributed by atoms with E-state index in [9.17, 15) is 43.9 Å². The summed E-state index contributed by atoms with van der Waals surface area (Å²) >= 11 is 6.45. The number of aromatic nitrogens is 7. The van der Waals surface area contributed by atoms with Crippen LogP contribution in [0.25, 0.3) is 33.1 Å². The Bertz CT molecular complexity index is 2710. The van der Waals surface area contributed by atoms with Gasteiger partial charge in [0.15, 0.2) is 5.82 Å². The molecular formula is C34H25ClF9N9O3S. The van der Waals surface area contributed by atoms with Crippen LogP contribution >= 0.6 is 11.6 Å². The first-order valence-electron chi connectivity index (χ1n) is 16.8. The zero-order valence-electron chi connectivity index (χ0n) is 28.8. The molecule has 0 bridgehead atoms. The van der Waals surface area contributed by atoms with Crippen molar-refractivity contribution >= 4 is 55.3 Å². The topological polar surface area (TPSA) is 152 Å². The molecule has 1 unspecified atom stereocenters. The number of fused-ring (bicyclic) bond motifs is 5. The van der Waals surface area contributed by atoms with E-state index < -0.39 is 101 Å². The highest BCUT2D eigenvalue weighted by Gasteiger charge is 2.67. The minimum atomic E-state index is -4.90. The van der Waals surface area contributed by atoms with E-state index in [2.05, 4.69) is 35.4 Å². The van der Waals surface area contributed by atoms with Crippen LogP contribution in [0.4, 0.5) is 45.3 Å². The van der Waals surface area contributed by atoms with E-state index in [1.807, 2.05) is 0 Å². The van der Waals surface area contributed by atoms with E-state index in [4.69, 9.17) is 11.6 Å². The third-order valence-corrected chi connectivity index (χ3v) is 10.6. The summed E-state index contributed by atoms with van der Waals surface area (Å²) in [5.41, 5.74) is -2.38. The van der Waals surface area contributed by atoms with Gasteiger partial charge in [0.25, 0.3) is 12.3 Å². The predicted molar refractivity (Wildman–Crippen MR) is 185 cm³/mol. The molecule has 0 spiro atoms.